The molecule has 0 aliphatic carbocycles. The highest BCUT2D eigenvalue weighted by molar-refractivity contribution is 7.98. The number of hydrogen-bond donors (Lipinski definition) is 11. The molecule has 13 N–H and O–H groups in total. The van der Waals surface area contributed by atoms with Gasteiger partial charge in [-0.2, -0.15) is 11.8 Å². The number of carboxylic acid groups (broad SMARTS) is 1. The van der Waals surface area contributed by atoms with Crippen LogP contribution in [-0.2, 0) is 57.0 Å². The summed E-state index contributed by atoms with van der Waals surface area (Å²) in [6, 6.07) is 2.99. The minimum absolute atomic E-state index is 0.000285. The Morgan fingerprint density at radius 1 is 0.933 bits per heavy atom. The largest absolute Gasteiger partial charge is 0.481 e. The molecule has 0 spiro atoms. The first-order chi connectivity index (χ1) is 28.6. The van der Waals surface area contributed by atoms with E-state index in [-0.39, 0.29) is 56.4 Å². The third-order valence-electron chi connectivity index (χ3n) is 9.12. The average molecular weight is 868 g/mol. The SMILES string of the molecule is NC(N)=NCCC[C@@H]1NC(=O)[C@H](CSCc2cn(CCO[C@@H]3O[C@H](CF)[C@@H](O)[C@H](O)[C@H]3O)nn2)NC(=O)[C@H](Cc2ccccc2)NC(=O)[C@H](CC(=O)O)NC(=O)CNC1=O. The van der Waals surface area contributed by atoms with Crippen molar-refractivity contribution in [3.8, 4) is 0 Å². The van der Waals surface area contributed by atoms with Crippen molar-refractivity contribution in [2.75, 3.05) is 32.1 Å². The van der Waals surface area contributed by atoms with Crippen molar-refractivity contribution in [3.05, 3.63) is 47.8 Å². The van der Waals surface area contributed by atoms with Crippen molar-refractivity contribution in [1.82, 2.24) is 41.6 Å². The van der Waals surface area contributed by atoms with Crippen LogP contribution < -0.4 is 38.1 Å². The van der Waals surface area contributed by atoms with Crippen LogP contribution in [0.4, 0.5) is 4.39 Å². The molecule has 330 valence electrons. The molecule has 23 nitrogen and oxygen atoms in total. The van der Waals surface area contributed by atoms with Crippen LogP contribution in [0.2, 0.25) is 0 Å². The highest BCUT2D eigenvalue weighted by Crippen LogP contribution is 2.22. The number of thioether (sulfide) groups is 1. The molecule has 1 aromatic heterocycles. The first-order valence-electron chi connectivity index (χ1n) is 18.8. The number of nitrogens with zero attached hydrogens (tertiary/aromatic N) is 4. The number of aliphatic hydroxyl groups is 3. The van der Waals surface area contributed by atoms with Crippen LogP contribution in [0.3, 0.4) is 0 Å². The van der Waals surface area contributed by atoms with Crippen molar-refractivity contribution < 1.29 is 63.1 Å². The molecule has 5 amide bonds. The minimum atomic E-state index is -1.68. The molecule has 2 aromatic rings. The number of aliphatic carboxylic acids is 1. The molecule has 3 heterocycles. The van der Waals surface area contributed by atoms with Crippen LogP contribution in [0.1, 0.15) is 30.5 Å². The maximum Gasteiger partial charge on any atom is 0.305 e. The van der Waals surface area contributed by atoms with Crippen molar-refractivity contribution in [1.29, 1.82) is 0 Å². The molecule has 2 aliphatic rings. The number of halogens is 1. The lowest BCUT2D eigenvalue weighted by molar-refractivity contribution is -0.298. The van der Waals surface area contributed by atoms with Crippen molar-refractivity contribution in [2.45, 2.75) is 92.9 Å². The van der Waals surface area contributed by atoms with Crippen LogP contribution in [0.25, 0.3) is 0 Å². The summed E-state index contributed by atoms with van der Waals surface area (Å²) in [5, 5.41) is 60.0. The zero-order valence-electron chi connectivity index (χ0n) is 32.2. The molecule has 4 rings (SSSR count). The van der Waals surface area contributed by atoms with Gasteiger partial charge in [0, 0.05) is 30.7 Å². The highest BCUT2D eigenvalue weighted by atomic mass is 32.2. The highest BCUT2D eigenvalue weighted by Gasteiger charge is 2.44. The zero-order valence-corrected chi connectivity index (χ0v) is 33.0. The Balaban J connectivity index is 1.51. The fourth-order valence-electron chi connectivity index (χ4n) is 5.99. The quantitative estimate of drug-likeness (QED) is 0.0403. The first-order valence-corrected chi connectivity index (χ1v) is 19.9. The van der Waals surface area contributed by atoms with E-state index in [1.807, 2.05) is 0 Å². The Labute approximate surface area is 346 Å². The number of aromatic nitrogens is 3. The second-order valence-electron chi connectivity index (χ2n) is 13.8. The number of aliphatic imine (C=N–C) groups is 1. The fraction of sp³-hybridized carbons (Fsp3) is 0.571. The predicted octanol–water partition coefficient (Wildman–Crippen LogP) is -4.85. The van der Waals surface area contributed by atoms with Gasteiger partial charge in [-0.1, -0.05) is 35.5 Å². The van der Waals surface area contributed by atoms with E-state index in [0.29, 0.717) is 11.3 Å². The van der Waals surface area contributed by atoms with Gasteiger partial charge in [-0.25, -0.2) is 9.07 Å². The Morgan fingerprint density at radius 2 is 1.62 bits per heavy atom. The van der Waals surface area contributed by atoms with Gasteiger partial charge < -0.3 is 68.0 Å². The van der Waals surface area contributed by atoms with Gasteiger partial charge in [-0.3, -0.25) is 33.8 Å². The smallest absolute Gasteiger partial charge is 0.305 e. The second kappa shape index (κ2) is 23.4. The summed E-state index contributed by atoms with van der Waals surface area (Å²) in [5.41, 5.74) is 11.9. The standard InChI is InChI=1S/C35H50FN11O12S/c36-13-24-27(51)28(52)29(53)34(59-24)58-10-9-47-15-19(45-46-47)16-60-17-23-33(57)42-20(7-4-8-39-35(37)38)30(54)40-14-25(48)41-22(12-26(49)50)32(56)43-21(31(55)44-23)11-18-5-2-1-3-6-18/h1-3,5-6,15,20-24,27-29,34,51-53H,4,7-14,16-17H2,(H,40,54)(H,41,48)(H,42,57)(H,43,56)(H,44,55)(H,49,50)(H4,37,38,39)/t20-,21-,22-,23-,24+,27+,28-,29+,34+/m0/s1. The van der Waals surface area contributed by atoms with Crippen LogP contribution >= 0.6 is 11.8 Å². The molecule has 2 saturated heterocycles. The minimum Gasteiger partial charge on any atom is -0.481 e. The predicted molar refractivity (Wildman–Crippen MR) is 208 cm³/mol. The number of aliphatic hydroxyl groups excluding tert-OH is 3. The van der Waals surface area contributed by atoms with E-state index < -0.39 is 110 Å². The van der Waals surface area contributed by atoms with Crippen molar-refractivity contribution in [3.63, 3.8) is 0 Å². The van der Waals surface area contributed by atoms with E-state index in [0.717, 1.165) is 11.8 Å². The van der Waals surface area contributed by atoms with E-state index in [2.05, 4.69) is 41.9 Å². The molecule has 1 aromatic carbocycles. The number of nitrogens with one attached hydrogen (secondary N) is 5. The fourth-order valence-corrected chi connectivity index (χ4v) is 6.92. The topological polar surface area (TPSA) is 357 Å². The molecular formula is C35H50FN11O12S. The van der Waals surface area contributed by atoms with E-state index >= 15 is 0 Å². The number of rotatable bonds is 17. The summed E-state index contributed by atoms with van der Waals surface area (Å²) in [6.45, 7) is -1.73. The number of hydrogen-bond acceptors (Lipinski definition) is 15. The first kappa shape index (κ1) is 47.2. The zero-order chi connectivity index (χ0) is 43.8. The Bertz CT molecular complexity index is 1810. The maximum absolute atomic E-state index is 14.0. The van der Waals surface area contributed by atoms with E-state index in [1.54, 1.807) is 36.5 Å². The van der Waals surface area contributed by atoms with Gasteiger partial charge in [-0.05, 0) is 18.4 Å². The Kier molecular flexibility index (Phi) is 18.4. The summed E-state index contributed by atoms with van der Waals surface area (Å²) >= 11 is 1.15. The number of nitrogens with two attached hydrogens (primary N) is 2. The third kappa shape index (κ3) is 14.7. The van der Waals surface area contributed by atoms with Crippen LogP contribution in [0.15, 0.2) is 41.5 Å². The van der Waals surface area contributed by atoms with Crippen LogP contribution in [-0.4, -0.2) is 164 Å². The normalized spacial score (nSPS) is 26.9. The second-order valence-corrected chi connectivity index (χ2v) is 14.8. The number of ether oxygens (including phenoxy) is 2. The van der Waals surface area contributed by atoms with Gasteiger partial charge in [0.25, 0.3) is 0 Å². The average Bonchev–Trinajstić information content (AvgIpc) is 3.67. The maximum atomic E-state index is 14.0. The number of alkyl halides is 1. The molecule has 25 heteroatoms. The monoisotopic (exact) mass is 867 g/mol. The number of benzene rings is 1. The molecule has 2 fully saturated rings. The molecule has 0 unspecified atom stereocenters. The number of carbonyl (C=O) groups excluding carboxylic acids is 5. The summed E-state index contributed by atoms with van der Waals surface area (Å²) < 4.78 is 25.3. The Morgan fingerprint density at radius 3 is 2.32 bits per heavy atom. The van der Waals surface area contributed by atoms with Gasteiger partial charge >= 0.3 is 5.97 Å². The van der Waals surface area contributed by atoms with E-state index in [9.17, 15) is 53.6 Å². The van der Waals surface area contributed by atoms with E-state index in [1.165, 1.54) is 4.68 Å². The van der Waals surface area contributed by atoms with E-state index in [4.69, 9.17) is 20.9 Å². The molecule has 9 atom stereocenters. The van der Waals surface area contributed by atoms with Crippen LogP contribution in [0, 0.1) is 0 Å². The lowest BCUT2D eigenvalue weighted by atomic mass is 10.00. The summed E-state index contributed by atoms with van der Waals surface area (Å²) in [5.74, 6) is -5.85. The molecule has 0 radical (unpaired) electrons. The molecule has 0 saturated carbocycles. The van der Waals surface area contributed by atoms with Gasteiger partial charge in [0.05, 0.1) is 31.8 Å². The number of carboxylic acids is 1. The van der Waals surface area contributed by atoms with Crippen molar-refractivity contribution in [2.24, 2.45) is 16.5 Å². The lowest BCUT2D eigenvalue weighted by Crippen LogP contribution is -2.58. The lowest BCUT2D eigenvalue weighted by Gasteiger charge is -2.39. The summed E-state index contributed by atoms with van der Waals surface area (Å²) in [7, 11) is 0. The summed E-state index contributed by atoms with van der Waals surface area (Å²) in [4.78, 5) is 83.0. The van der Waals surface area contributed by atoms with Gasteiger partial charge in [-0.15, -0.1) is 5.10 Å². The molecule has 60 heavy (non-hydrogen) atoms. The van der Waals surface area contributed by atoms with Gasteiger partial charge in [0.1, 0.15) is 55.3 Å². The van der Waals surface area contributed by atoms with Gasteiger partial charge in [0.15, 0.2) is 12.2 Å². The molecular weight excluding hydrogens is 818 g/mol. The number of guanidine groups is 1. The van der Waals surface area contributed by atoms with Crippen molar-refractivity contribution >= 4 is 53.2 Å². The van der Waals surface area contributed by atoms with Crippen LogP contribution in [0.5, 0.6) is 0 Å². The Hall–Kier alpha value is -5.47. The number of carbonyl (C=O) groups is 6. The summed E-state index contributed by atoms with van der Waals surface area (Å²) in [6.07, 6.45) is -6.91. The van der Waals surface area contributed by atoms with Gasteiger partial charge in [0.2, 0.25) is 29.5 Å². The molecule has 2 aliphatic heterocycles. The number of amides is 5. The third-order valence-corrected chi connectivity index (χ3v) is 10.2. The molecule has 0 bridgehead atoms.